The predicted octanol–water partition coefficient (Wildman–Crippen LogP) is 4.58. The van der Waals surface area contributed by atoms with Crippen molar-refractivity contribution in [1.29, 1.82) is 0 Å². The number of para-hydroxylation sites is 1. The second-order valence-electron chi connectivity index (χ2n) is 6.11. The summed E-state index contributed by atoms with van der Waals surface area (Å²) in [5.74, 6) is -0.323. The molecule has 3 aromatic rings. The molecule has 0 atom stereocenters. The lowest BCUT2D eigenvalue weighted by Gasteiger charge is -2.24. The number of guanidine groups is 1. The van der Waals surface area contributed by atoms with Crippen LogP contribution < -0.4 is 14.8 Å². The normalized spacial score (nSPS) is 15.8. The first-order valence-electron chi connectivity index (χ1n) is 8.54. The van der Waals surface area contributed by atoms with Gasteiger partial charge in [0.05, 0.1) is 22.3 Å². The Morgan fingerprint density at radius 3 is 2.63 bits per heavy atom. The Bertz CT molecular complexity index is 1270. The topological polar surface area (TPSA) is 92.7 Å². The highest BCUT2D eigenvalue weighted by Gasteiger charge is 2.31. The number of hydrogen-bond acceptors (Lipinski definition) is 5. The number of aliphatic imine (C=N–C) groups is 1. The highest BCUT2D eigenvalue weighted by Crippen LogP contribution is 2.43. The molecule has 0 amide bonds. The van der Waals surface area contributed by atoms with Crippen molar-refractivity contribution in [2.75, 3.05) is 5.32 Å². The van der Waals surface area contributed by atoms with Gasteiger partial charge < -0.3 is 10.1 Å². The minimum atomic E-state index is -3.98. The van der Waals surface area contributed by atoms with Crippen LogP contribution >= 0.6 is 23.2 Å². The molecule has 2 aromatic carbocycles. The smallest absolute Gasteiger partial charge is 0.266 e. The minimum absolute atomic E-state index is 0.0593. The number of sulfonamides is 1. The third-order valence-corrected chi connectivity index (χ3v) is 6.10. The molecular weight excluding hydrogens is 454 g/mol. The van der Waals surface area contributed by atoms with E-state index in [2.05, 4.69) is 20.0 Å². The highest BCUT2D eigenvalue weighted by atomic mass is 35.5. The molecule has 0 fully saturated rings. The number of hydrogen-bond donors (Lipinski definition) is 2. The Labute approximate surface area is 181 Å². The fourth-order valence-corrected chi connectivity index (χ4v) is 4.22. The molecule has 0 bridgehead atoms. The van der Waals surface area contributed by atoms with Gasteiger partial charge >= 0.3 is 0 Å². The molecule has 30 heavy (non-hydrogen) atoms. The third kappa shape index (κ3) is 4.04. The minimum Gasteiger partial charge on any atom is -0.452 e. The van der Waals surface area contributed by atoms with Crippen molar-refractivity contribution in [3.8, 4) is 11.5 Å². The molecule has 0 aliphatic carbocycles. The van der Waals surface area contributed by atoms with Crippen LogP contribution in [0, 0.1) is 5.82 Å². The maximum absolute atomic E-state index is 13.8. The summed E-state index contributed by atoms with van der Waals surface area (Å²) >= 11 is 12.4. The molecule has 1 aromatic heterocycles. The number of nitrogens with one attached hydrogen (secondary N) is 2. The lowest BCUT2D eigenvalue weighted by atomic mass is 10.2. The quantitative estimate of drug-likeness (QED) is 0.586. The van der Waals surface area contributed by atoms with Crippen LogP contribution in [0.15, 0.2) is 64.6 Å². The third-order valence-electron chi connectivity index (χ3n) is 4.11. The number of fused-ring (bicyclic) bond motifs is 1. The maximum Gasteiger partial charge on any atom is 0.266 e. The number of ether oxygens (including phenoxy) is 1. The van der Waals surface area contributed by atoms with Crippen LogP contribution in [0.5, 0.6) is 11.5 Å². The summed E-state index contributed by atoms with van der Waals surface area (Å²) in [7, 11) is -3.98. The lowest BCUT2D eigenvalue weighted by Crippen LogP contribution is -2.41. The van der Waals surface area contributed by atoms with Crippen molar-refractivity contribution >= 4 is 44.9 Å². The molecule has 1 aliphatic rings. The Morgan fingerprint density at radius 1 is 1.07 bits per heavy atom. The van der Waals surface area contributed by atoms with Crippen molar-refractivity contribution in [3.63, 3.8) is 0 Å². The van der Waals surface area contributed by atoms with Gasteiger partial charge in [-0.1, -0.05) is 35.3 Å². The van der Waals surface area contributed by atoms with E-state index in [0.717, 1.165) is 0 Å². The molecule has 0 radical (unpaired) electrons. The molecule has 2 heterocycles. The van der Waals surface area contributed by atoms with E-state index in [9.17, 15) is 12.8 Å². The molecule has 2 N–H and O–H groups in total. The number of aromatic nitrogens is 1. The fraction of sp³-hybridized carbons (Fsp3) is 0.0526. The SMILES string of the molecule is O=S1(=O)NC(=NCc2ncccc2F)Nc2c1ccc(Cl)c2Oc1ccccc1Cl. The van der Waals surface area contributed by atoms with E-state index in [0.29, 0.717) is 10.8 Å². The van der Waals surface area contributed by atoms with Gasteiger partial charge in [0.25, 0.3) is 10.0 Å². The van der Waals surface area contributed by atoms with Crippen LogP contribution in [-0.2, 0) is 16.6 Å². The Morgan fingerprint density at radius 2 is 1.87 bits per heavy atom. The first-order valence-corrected chi connectivity index (χ1v) is 10.8. The molecule has 1 aliphatic heterocycles. The van der Waals surface area contributed by atoms with Gasteiger partial charge in [0.15, 0.2) is 5.75 Å². The number of halogens is 3. The average Bonchev–Trinajstić information content (AvgIpc) is 2.70. The Kier molecular flexibility index (Phi) is 5.50. The van der Waals surface area contributed by atoms with Crippen LogP contribution in [-0.4, -0.2) is 19.4 Å². The summed E-state index contributed by atoms with van der Waals surface area (Å²) in [6, 6.07) is 12.1. The van der Waals surface area contributed by atoms with E-state index in [1.54, 1.807) is 24.3 Å². The second-order valence-corrected chi connectivity index (χ2v) is 8.57. The molecule has 7 nitrogen and oxygen atoms in total. The van der Waals surface area contributed by atoms with Gasteiger partial charge in [-0.2, -0.15) is 0 Å². The van der Waals surface area contributed by atoms with Crippen molar-refractivity contribution in [1.82, 2.24) is 9.71 Å². The summed E-state index contributed by atoms with van der Waals surface area (Å²) in [6.45, 7) is -0.186. The Hall–Kier alpha value is -2.88. The van der Waals surface area contributed by atoms with E-state index in [-0.39, 0.29) is 39.6 Å². The second kappa shape index (κ2) is 8.10. The molecular formula is C19H13Cl2FN4O3S. The summed E-state index contributed by atoms with van der Waals surface area (Å²) in [4.78, 5) is 7.90. The van der Waals surface area contributed by atoms with Crippen LogP contribution in [0.25, 0.3) is 0 Å². The molecule has 0 unspecified atom stereocenters. The molecule has 0 spiro atoms. The van der Waals surface area contributed by atoms with Crippen molar-refractivity contribution in [2.24, 2.45) is 4.99 Å². The first-order chi connectivity index (χ1) is 14.3. The number of rotatable bonds is 4. The summed E-state index contributed by atoms with van der Waals surface area (Å²) < 4.78 is 47.3. The largest absolute Gasteiger partial charge is 0.452 e. The molecule has 0 saturated carbocycles. The summed E-state index contributed by atoms with van der Waals surface area (Å²) in [6.07, 6.45) is 1.42. The van der Waals surface area contributed by atoms with Crippen molar-refractivity contribution in [2.45, 2.75) is 11.4 Å². The molecule has 11 heteroatoms. The summed E-state index contributed by atoms with van der Waals surface area (Å²) in [5.41, 5.74) is 0.150. The van der Waals surface area contributed by atoms with E-state index >= 15 is 0 Å². The van der Waals surface area contributed by atoms with Crippen LogP contribution in [0.4, 0.5) is 10.1 Å². The predicted molar refractivity (Wildman–Crippen MR) is 112 cm³/mol. The van der Waals surface area contributed by atoms with Gasteiger partial charge in [0.1, 0.15) is 22.1 Å². The Balaban J connectivity index is 1.74. The number of nitrogens with zero attached hydrogens (tertiary/aromatic N) is 2. The van der Waals surface area contributed by atoms with Crippen LogP contribution in [0.2, 0.25) is 10.0 Å². The van der Waals surface area contributed by atoms with E-state index < -0.39 is 15.8 Å². The van der Waals surface area contributed by atoms with Gasteiger partial charge in [0, 0.05) is 6.20 Å². The maximum atomic E-state index is 13.8. The molecule has 4 rings (SSSR count). The van der Waals surface area contributed by atoms with Crippen molar-refractivity contribution in [3.05, 3.63) is 76.3 Å². The van der Waals surface area contributed by atoms with E-state index in [1.807, 2.05) is 0 Å². The molecule has 0 saturated heterocycles. The van der Waals surface area contributed by atoms with E-state index in [1.165, 1.54) is 30.5 Å². The first kappa shape index (κ1) is 20.4. The fourth-order valence-electron chi connectivity index (χ4n) is 2.71. The lowest BCUT2D eigenvalue weighted by molar-refractivity contribution is 0.483. The van der Waals surface area contributed by atoms with Crippen molar-refractivity contribution < 1.29 is 17.5 Å². The van der Waals surface area contributed by atoms with Gasteiger partial charge in [0.2, 0.25) is 5.96 Å². The monoisotopic (exact) mass is 466 g/mol. The standard InChI is InChI=1S/C19H13Cl2FN4O3S/c20-11-4-1-2-6-15(11)29-18-12(21)7-8-16-17(18)25-19(26-30(16,27)28)24-10-14-13(22)5-3-9-23-14/h1-9H,10H2,(H2,24,25,26). The number of anilines is 1. The van der Waals surface area contributed by atoms with Crippen LogP contribution in [0.1, 0.15) is 5.69 Å². The van der Waals surface area contributed by atoms with Gasteiger partial charge in [-0.3, -0.25) is 4.98 Å². The number of pyridine rings is 1. The van der Waals surface area contributed by atoms with E-state index in [4.69, 9.17) is 27.9 Å². The zero-order chi connectivity index (χ0) is 21.3. The van der Waals surface area contributed by atoms with Crippen LogP contribution in [0.3, 0.4) is 0 Å². The van der Waals surface area contributed by atoms with Gasteiger partial charge in [-0.25, -0.2) is 22.5 Å². The number of benzene rings is 2. The zero-order valence-electron chi connectivity index (χ0n) is 15.1. The average molecular weight is 467 g/mol. The molecule has 154 valence electrons. The highest BCUT2D eigenvalue weighted by molar-refractivity contribution is 7.90. The summed E-state index contributed by atoms with van der Waals surface area (Å²) in [5, 5.41) is 3.33. The van der Waals surface area contributed by atoms with Gasteiger partial charge in [-0.15, -0.1) is 0 Å². The van der Waals surface area contributed by atoms with Gasteiger partial charge in [-0.05, 0) is 36.4 Å². The zero-order valence-corrected chi connectivity index (χ0v) is 17.4.